The largest absolute Gasteiger partial charge is 0.496 e. The zero-order chi connectivity index (χ0) is 24.5. The van der Waals surface area contributed by atoms with E-state index < -0.39 is 0 Å². The number of methoxy groups -OCH3 is 1. The molecular weight excluding hydrogens is 446 g/mol. The summed E-state index contributed by atoms with van der Waals surface area (Å²) < 4.78 is 7.64. The van der Waals surface area contributed by atoms with Crippen LogP contribution in [-0.4, -0.2) is 56.8 Å². The van der Waals surface area contributed by atoms with Gasteiger partial charge in [-0.05, 0) is 62.1 Å². The van der Waals surface area contributed by atoms with Gasteiger partial charge in [0.15, 0.2) is 5.82 Å². The molecule has 0 saturated carbocycles. The summed E-state index contributed by atoms with van der Waals surface area (Å²) in [5.74, 6) is 2.25. The summed E-state index contributed by atoms with van der Waals surface area (Å²) >= 11 is 0. The number of benzene rings is 1. The zero-order valence-electron chi connectivity index (χ0n) is 20.2. The summed E-state index contributed by atoms with van der Waals surface area (Å²) in [5, 5.41) is 14.4. The van der Waals surface area contributed by atoms with Crippen LogP contribution in [0.15, 0.2) is 30.3 Å². The summed E-state index contributed by atoms with van der Waals surface area (Å²) in [6.45, 7) is 5.67. The molecule has 3 amide bonds. The summed E-state index contributed by atoms with van der Waals surface area (Å²) in [6, 6.07) is 9.37. The molecule has 10 nitrogen and oxygen atoms in total. The fourth-order valence-electron chi connectivity index (χ4n) is 4.78. The zero-order valence-corrected chi connectivity index (χ0v) is 20.2. The van der Waals surface area contributed by atoms with Crippen molar-refractivity contribution in [3.8, 4) is 17.3 Å². The highest BCUT2D eigenvalue weighted by Gasteiger charge is 2.26. The van der Waals surface area contributed by atoms with Crippen LogP contribution in [0.5, 0.6) is 5.75 Å². The van der Waals surface area contributed by atoms with E-state index in [1.165, 1.54) is 0 Å². The molecule has 2 aliphatic rings. The number of anilines is 1. The third-order valence-electron chi connectivity index (χ3n) is 6.61. The van der Waals surface area contributed by atoms with Crippen LogP contribution in [0, 0.1) is 0 Å². The van der Waals surface area contributed by atoms with Gasteiger partial charge in [0.25, 0.3) is 5.91 Å². The SMILES string of the molecule is CCNC(=O)N1CCc2cc(OC)c(C(=O)Nc3cccc(-c4nnc5n4[C@@H](C)CC5)n3)cc2C1. The van der Waals surface area contributed by atoms with Crippen molar-refractivity contribution in [2.75, 3.05) is 25.5 Å². The average molecular weight is 476 g/mol. The van der Waals surface area contributed by atoms with E-state index in [4.69, 9.17) is 4.74 Å². The van der Waals surface area contributed by atoms with Gasteiger partial charge in [0.1, 0.15) is 23.1 Å². The predicted octanol–water partition coefficient (Wildman–Crippen LogP) is 3.20. The second kappa shape index (κ2) is 9.36. The van der Waals surface area contributed by atoms with Gasteiger partial charge in [-0.2, -0.15) is 0 Å². The number of rotatable bonds is 5. The van der Waals surface area contributed by atoms with Gasteiger partial charge in [-0.1, -0.05) is 6.07 Å². The minimum absolute atomic E-state index is 0.102. The number of amides is 3. The van der Waals surface area contributed by atoms with Crippen LogP contribution in [0.4, 0.5) is 10.6 Å². The number of fused-ring (bicyclic) bond motifs is 2. The van der Waals surface area contributed by atoms with Crippen LogP contribution in [0.2, 0.25) is 0 Å². The normalized spacial score (nSPS) is 16.4. The monoisotopic (exact) mass is 475 g/mol. The van der Waals surface area contributed by atoms with E-state index in [0.717, 1.165) is 29.8 Å². The van der Waals surface area contributed by atoms with Gasteiger partial charge in [-0.15, -0.1) is 10.2 Å². The average Bonchev–Trinajstić information content (AvgIpc) is 3.46. The lowest BCUT2D eigenvalue weighted by atomic mass is 9.96. The lowest BCUT2D eigenvalue weighted by molar-refractivity contribution is 0.102. The molecule has 2 aromatic heterocycles. The Kier molecular flexibility index (Phi) is 6.10. The molecule has 0 aliphatic carbocycles. The van der Waals surface area contributed by atoms with Gasteiger partial charge in [0.05, 0.1) is 12.7 Å². The Bertz CT molecular complexity index is 1290. The van der Waals surface area contributed by atoms with Gasteiger partial charge in [0.2, 0.25) is 0 Å². The molecular formula is C25H29N7O3. The minimum Gasteiger partial charge on any atom is -0.496 e. The van der Waals surface area contributed by atoms with Crippen LogP contribution in [0.1, 0.15) is 53.6 Å². The van der Waals surface area contributed by atoms with Crippen molar-refractivity contribution in [3.63, 3.8) is 0 Å². The number of urea groups is 1. The molecule has 2 N–H and O–H groups in total. The van der Waals surface area contributed by atoms with Gasteiger partial charge in [-0.3, -0.25) is 4.79 Å². The third kappa shape index (κ3) is 4.31. The molecule has 0 unspecified atom stereocenters. The highest BCUT2D eigenvalue weighted by atomic mass is 16.5. The second-order valence-electron chi connectivity index (χ2n) is 8.89. The fraction of sp³-hybridized carbons (Fsp3) is 0.400. The maximum absolute atomic E-state index is 13.3. The molecule has 0 spiro atoms. The van der Waals surface area contributed by atoms with Crippen molar-refractivity contribution < 1.29 is 14.3 Å². The number of aromatic nitrogens is 4. The predicted molar refractivity (Wildman–Crippen MR) is 130 cm³/mol. The number of hydrogen-bond acceptors (Lipinski definition) is 6. The molecule has 0 radical (unpaired) electrons. The highest BCUT2D eigenvalue weighted by molar-refractivity contribution is 6.06. The molecule has 10 heteroatoms. The first kappa shape index (κ1) is 22.8. The molecule has 3 aromatic rings. The Morgan fingerprint density at radius 3 is 2.83 bits per heavy atom. The lowest BCUT2D eigenvalue weighted by Gasteiger charge is -2.29. The van der Waals surface area contributed by atoms with Gasteiger partial charge in [0, 0.05) is 32.1 Å². The van der Waals surface area contributed by atoms with E-state index in [1.54, 1.807) is 18.1 Å². The first-order chi connectivity index (χ1) is 17.0. The quantitative estimate of drug-likeness (QED) is 0.586. The molecule has 4 heterocycles. The highest BCUT2D eigenvalue weighted by Crippen LogP contribution is 2.31. The number of pyridine rings is 1. The van der Waals surface area contributed by atoms with Crippen LogP contribution < -0.4 is 15.4 Å². The fourth-order valence-corrected chi connectivity index (χ4v) is 4.78. The van der Waals surface area contributed by atoms with E-state index >= 15 is 0 Å². The Balaban J connectivity index is 1.39. The van der Waals surface area contributed by atoms with E-state index in [0.29, 0.717) is 60.7 Å². The van der Waals surface area contributed by atoms with E-state index in [9.17, 15) is 9.59 Å². The number of carbonyl (C=O) groups excluding carboxylic acids is 2. The maximum atomic E-state index is 13.3. The Hall–Kier alpha value is -3.95. The van der Waals surface area contributed by atoms with E-state index in [2.05, 4.69) is 37.3 Å². The Morgan fingerprint density at radius 2 is 2.03 bits per heavy atom. The Morgan fingerprint density at radius 1 is 1.17 bits per heavy atom. The standard InChI is InChI=1S/C25H29N7O3/c1-4-26-25(34)31-11-10-16-13-20(35-3)18(12-17(16)14-31)24(33)28-21-7-5-6-19(27-21)23-30-29-22-9-8-15(2)32(22)23/h5-7,12-13,15H,4,8-11,14H2,1-3H3,(H,26,34)(H,27,28,33)/t15-/m0/s1. The Labute approximate surface area is 203 Å². The van der Waals surface area contributed by atoms with E-state index in [1.807, 2.05) is 31.2 Å². The topological polar surface area (TPSA) is 114 Å². The summed E-state index contributed by atoms with van der Waals surface area (Å²) in [6.07, 6.45) is 2.64. The number of ether oxygens (including phenoxy) is 1. The number of aryl methyl sites for hydroxylation is 1. The molecule has 0 saturated heterocycles. The van der Waals surface area contributed by atoms with Crippen LogP contribution in [-0.2, 0) is 19.4 Å². The number of carbonyl (C=O) groups is 2. The molecule has 5 rings (SSSR count). The minimum atomic E-state index is -0.329. The van der Waals surface area contributed by atoms with Gasteiger partial charge < -0.3 is 24.8 Å². The summed E-state index contributed by atoms with van der Waals surface area (Å²) in [4.78, 5) is 32.0. The first-order valence-electron chi connectivity index (χ1n) is 11.9. The molecule has 0 bridgehead atoms. The molecule has 1 aromatic carbocycles. The van der Waals surface area contributed by atoms with Crippen molar-refractivity contribution in [1.82, 2.24) is 30.0 Å². The van der Waals surface area contributed by atoms with E-state index in [-0.39, 0.29) is 11.9 Å². The molecule has 0 fully saturated rings. The maximum Gasteiger partial charge on any atom is 0.317 e. The number of nitrogens with one attached hydrogen (secondary N) is 2. The van der Waals surface area contributed by atoms with Gasteiger partial charge >= 0.3 is 6.03 Å². The van der Waals surface area contributed by atoms with Crippen LogP contribution >= 0.6 is 0 Å². The lowest BCUT2D eigenvalue weighted by Crippen LogP contribution is -2.42. The second-order valence-corrected chi connectivity index (χ2v) is 8.89. The third-order valence-corrected chi connectivity index (χ3v) is 6.61. The van der Waals surface area contributed by atoms with Crippen molar-refractivity contribution in [2.45, 2.75) is 45.7 Å². The summed E-state index contributed by atoms with van der Waals surface area (Å²) in [7, 11) is 1.55. The molecule has 1 atom stereocenters. The first-order valence-corrected chi connectivity index (χ1v) is 11.9. The van der Waals surface area contributed by atoms with Crippen LogP contribution in [0.3, 0.4) is 0 Å². The number of hydrogen-bond donors (Lipinski definition) is 2. The van der Waals surface area contributed by atoms with Crippen LogP contribution in [0.25, 0.3) is 11.5 Å². The number of nitrogens with zero attached hydrogens (tertiary/aromatic N) is 5. The smallest absolute Gasteiger partial charge is 0.317 e. The van der Waals surface area contributed by atoms with Crippen molar-refractivity contribution in [2.24, 2.45) is 0 Å². The van der Waals surface area contributed by atoms with Crippen molar-refractivity contribution >= 4 is 17.8 Å². The van der Waals surface area contributed by atoms with Crippen molar-refractivity contribution in [1.29, 1.82) is 0 Å². The van der Waals surface area contributed by atoms with Gasteiger partial charge in [-0.25, -0.2) is 9.78 Å². The van der Waals surface area contributed by atoms with Crippen molar-refractivity contribution in [3.05, 3.63) is 52.8 Å². The summed E-state index contributed by atoms with van der Waals surface area (Å²) in [5.41, 5.74) is 3.07. The molecule has 182 valence electrons. The molecule has 2 aliphatic heterocycles. The molecule has 35 heavy (non-hydrogen) atoms.